The number of aliphatic hydroxyl groups excluding tert-OH is 1. The summed E-state index contributed by atoms with van der Waals surface area (Å²) in [4.78, 5) is 42.2. The molecule has 1 aliphatic rings. The average Bonchev–Trinajstić information content (AvgIpc) is 2.95. The van der Waals surface area contributed by atoms with Crippen molar-refractivity contribution in [2.24, 2.45) is 5.92 Å². The van der Waals surface area contributed by atoms with E-state index in [1.165, 1.54) is 0 Å². The van der Waals surface area contributed by atoms with Crippen molar-refractivity contribution >= 4 is 29.1 Å². The zero-order valence-corrected chi connectivity index (χ0v) is 18.0. The molecule has 2 N–H and O–H groups in total. The standard InChI is InChI=1S/C23H25ClN2O4/c1-12-6-15(18-5-4-17(24)10-25-18)7-13(2)21(12)22-19(28)8-16(23(22)30)9-20(29)26-14(3)11-27/h4-7,10,14,16,22,27H,8-9,11H2,1-3H3,(H,26,29). The lowest BCUT2D eigenvalue weighted by Gasteiger charge is -2.17. The SMILES string of the molecule is Cc1cc(-c2ccc(Cl)cn2)cc(C)c1C1C(=O)CC(CC(=O)NC(C)CO)C1=O. The lowest BCUT2D eigenvalue weighted by atomic mass is 9.85. The number of Topliss-reactive ketones (excluding diaryl/α,β-unsaturated/α-hetero) is 2. The van der Waals surface area contributed by atoms with Crippen LogP contribution in [0.4, 0.5) is 0 Å². The topological polar surface area (TPSA) is 96.4 Å². The minimum absolute atomic E-state index is 0.0454. The number of aryl methyl sites for hydroxylation is 2. The maximum absolute atomic E-state index is 13.0. The molecule has 0 bridgehead atoms. The van der Waals surface area contributed by atoms with E-state index in [0.717, 1.165) is 22.4 Å². The summed E-state index contributed by atoms with van der Waals surface area (Å²) >= 11 is 5.91. The van der Waals surface area contributed by atoms with Crippen molar-refractivity contribution in [3.63, 3.8) is 0 Å². The van der Waals surface area contributed by atoms with Gasteiger partial charge in [-0.25, -0.2) is 0 Å². The normalized spacial score (nSPS) is 19.8. The number of nitrogens with one attached hydrogen (secondary N) is 1. The maximum Gasteiger partial charge on any atom is 0.221 e. The highest BCUT2D eigenvalue weighted by molar-refractivity contribution is 6.30. The molecule has 3 unspecified atom stereocenters. The van der Waals surface area contributed by atoms with Gasteiger partial charge in [0.1, 0.15) is 11.7 Å². The predicted octanol–water partition coefficient (Wildman–Crippen LogP) is 3.15. The molecular weight excluding hydrogens is 404 g/mol. The number of carbonyl (C=O) groups excluding carboxylic acids is 3. The van der Waals surface area contributed by atoms with E-state index in [1.54, 1.807) is 19.2 Å². The van der Waals surface area contributed by atoms with Crippen molar-refractivity contribution < 1.29 is 19.5 Å². The second kappa shape index (κ2) is 9.06. The van der Waals surface area contributed by atoms with Gasteiger partial charge < -0.3 is 10.4 Å². The van der Waals surface area contributed by atoms with Crippen LogP contribution in [0.25, 0.3) is 11.3 Å². The summed E-state index contributed by atoms with van der Waals surface area (Å²) in [6.07, 6.45) is 1.59. The van der Waals surface area contributed by atoms with Gasteiger partial charge in [0.05, 0.1) is 17.3 Å². The van der Waals surface area contributed by atoms with Gasteiger partial charge in [-0.1, -0.05) is 11.6 Å². The number of hydrogen-bond acceptors (Lipinski definition) is 5. The van der Waals surface area contributed by atoms with Crippen LogP contribution in [0.3, 0.4) is 0 Å². The minimum atomic E-state index is -0.842. The first-order valence-electron chi connectivity index (χ1n) is 9.91. The zero-order chi connectivity index (χ0) is 22.0. The van der Waals surface area contributed by atoms with Gasteiger partial charge in [0, 0.05) is 36.6 Å². The fourth-order valence-corrected chi connectivity index (χ4v) is 4.17. The Bertz CT molecular complexity index is 964. The molecule has 7 heteroatoms. The van der Waals surface area contributed by atoms with Gasteiger partial charge in [-0.3, -0.25) is 19.4 Å². The van der Waals surface area contributed by atoms with E-state index in [-0.39, 0.29) is 43.0 Å². The lowest BCUT2D eigenvalue weighted by Crippen LogP contribution is -2.36. The number of aromatic nitrogens is 1. The van der Waals surface area contributed by atoms with Crippen molar-refractivity contribution in [1.29, 1.82) is 0 Å². The summed E-state index contributed by atoms with van der Waals surface area (Å²) in [6, 6.07) is 7.03. The highest BCUT2D eigenvalue weighted by Crippen LogP contribution is 2.38. The third-order valence-corrected chi connectivity index (χ3v) is 5.70. The molecule has 1 aromatic heterocycles. The van der Waals surface area contributed by atoms with Crippen LogP contribution in [0.2, 0.25) is 5.02 Å². The number of pyridine rings is 1. The predicted molar refractivity (Wildman–Crippen MR) is 114 cm³/mol. The first kappa shape index (κ1) is 22.1. The van der Waals surface area contributed by atoms with Gasteiger partial charge in [0.25, 0.3) is 0 Å². The van der Waals surface area contributed by atoms with Crippen LogP contribution >= 0.6 is 11.6 Å². The Morgan fingerprint density at radius 2 is 1.93 bits per heavy atom. The van der Waals surface area contributed by atoms with Crippen molar-refractivity contribution in [2.45, 2.75) is 45.6 Å². The molecule has 1 amide bonds. The van der Waals surface area contributed by atoms with Gasteiger partial charge in [0.15, 0.2) is 5.78 Å². The summed E-state index contributed by atoms with van der Waals surface area (Å²) < 4.78 is 0. The lowest BCUT2D eigenvalue weighted by molar-refractivity contribution is -0.129. The number of benzene rings is 1. The minimum Gasteiger partial charge on any atom is -0.394 e. The number of carbonyl (C=O) groups is 3. The monoisotopic (exact) mass is 428 g/mol. The number of nitrogens with zero attached hydrogens (tertiary/aromatic N) is 1. The van der Waals surface area contributed by atoms with Crippen LogP contribution in [-0.4, -0.2) is 40.2 Å². The van der Waals surface area contributed by atoms with E-state index in [1.807, 2.05) is 32.0 Å². The van der Waals surface area contributed by atoms with Gasteiger partial charge in [0.2, 0.25) is 5.91 Å². The van der Waals surface area contributed by atoms with E-state index in [4.69, 9.17) is 16.7 Å². The van der Waals surface area contributed by atoms with Gasteiger partial charge in [-0.05, 0) is 61.7 Å². The van der Waals surface area contributed by atoms with Crippen molar-refractivity contribution in [1.82, 2.24) is 10.3 Å². The average molecular weight is 429 g/mol. The summed E-state index contributed by atoms with van der Waals surface area (Å²) in [7, 11) is 0. The number of halogens is 1. The third kappa shape index (κ3) is 4.60. The number of aliphatic hydroxyl groups is 1. The van der Waals surface area contributed by atoms with E-state index in [2.05, 4.69) is 10.3 Å². The third-order valence-electron chi connectivity index (χ3n) is 5.48. The Balaban J connectivity index is 1.84. The molecule has 6 nitrogen and oxygen atoms in total. The molecule has 158 valence electrons. The molecule has 1 fully saturated rings. The molecule has 1 heterocycles. The van der Waals surface area contributed by atoms with Crippen LogP contribution < -0.4 is 5.32 Å². The Morgan fingerprint density at radius 1 is 1.27 bits per heavy atom. The molecule has 3 atom stereocenters. The highest BCUT2D eigenvalue weighted by Gasteiger charge is 2.43. The molecule has 0 saturated heterocycles. The number of rotatable bonds is 6. The molecule has 1 saturated carbocycles. The van der Waals surface area contributed by atoms with Crippen LogP contribution in [0.15, 0.2) is 30.5 Å². The Labute approximate surface area is 180 Å². The van der Waals surface area contributed by atoms with E-state index >= 15 is 0 Å². The Morgan fingerprint density at radius 3 is 2.50 bits per heavy atom. The quantitative estimate of drug-likeness (QED) is 0.689. The fourth-order valence-electron chi connectivity index (χ4n) is 4.06. The van der Waals surface area contributed by atoms with Crippen LogP contribution in [0, 0.1) is 19.8 Å². The molecule has 0 radical (unpaired) electrons. The first-order chi connectivity index (χ1) is 14.2. The summed E-state index contributed by atoms with van der Waals surface area (Å²) in [5.41, 5.74) is 4.04. The second-order valence-corrected chi connectivity index (χ2v) is 8.38. The van der Waals surface area contributed by atoms with E-state index in [0.29, 0.717) is 10.6 Å². The molecular formula is C23H25ClN2O4. The van der Waals surface area contributed by atoms with E-state index in [9.17, 15) is 14.4 Å². The second-order valence-electron chi connectivity index (χ2n) is 7.94. The molecule has 1 aliphatic carbocycles. The highest BCUT2D eigenvalue weighted by atomic mass is 35.5. The fraction of sp³-hybridized carbons (Fsp3) is 0.391. The number of ketones is 2. The van der Waals surface area contributed by atoms with Crippen LogP contribution in [-0.2, 0) is 14.4 Å². The first-order valence-corrected chi connectivity index (χ1v) is 10.3. The molecule has 1 aromatic carbocycles. The molecule has 30 heavy (non-hydrogen) atoms. The molecule has 3 rings (SSSR count). The smallest absolute Gasteiger partial charge is 0.221 e. The van der Waals surface area contributed by atoms with Crippen molar-refractivity contribution in [3.05, 3.63) is 52.2 Å². The largest absolute Gasteiger partial charge is 0.394 e. The van der Waals surface area contributed by atoms with Crippen LogP contribution in [0.5, 0.6) is 0 Å². The Kier molecular flexibility index (Phi) is 6.68. The summed E-state index contributed by atoms with van der Waals surface area (Å²) in [5, 5.41) is 12.2. The van der Waals surface area contributed by atoms with Gasteiger partial charge in [-0.15, -0.1) is 0 Å². The molecule has 2 aromatic rings. The molecule has 0 aliphatic heterocycles. The van der Waals surface area contributed by atoms with Crippen LogP contribution in [0.1, 0.15) is 42.4 Å². The van der Waals surface area contributed by atoms with Gasteiger partial charge in [-0.2, -0.15) is 0 Å². The number of hydrogen-bond donors (Lipinski definition) is 2. The number of amides is 1. The zero-order valence-electron chi connectivity index (χ0n) is 17.2. The van der Waals surface area contributed by atoms with Crippen molar-refractivity contribution in [3.8, 4) is 11.3 Å². The van der Waals surface area contributed by atoms with E-state index < -0.39 is 11.8 Å². The summed E-state index contributed by atoms with van der Waals surface area (Å²) in [5.74, 6) is -2.18. The molecule has 0 spiro atoms. The van der Waals surface area contributed by atoms with Crippen molar-refractivity contribution in [2.75, 3.05) is 6.61 Å². The van der Waals surface area contributed by atoms with Gasteiger partial charge >= 0.3 is 0 Å². The summed E-state index contributed by atoms with van der Waals surface area (Å²) in [6.45, 7) is 5.25. The maximum atomic E-state index is 13.0. The Hall–Kier alpha value is -2.57.